The van der Waals surface area contributed by atoms with Gasteiger partial charge in [-0.3, -0.25) is 9.78 Å². The van der Waals surface area contributed by atoms with Crippen molar-refractivity contribution in [3.8, 4) is 23.0 Å². The molecule has 4 rings (SSSR count). The van der Waals surface area contributed by atoms with Crippen LogP contribution in [0.5, 0.6) is 0 Å². The molecule has 0 aliphatic heterocycles. The Labute approximate surface area is 180 Å². The van der Waals surface area contributed by atoms with Crippen LogP contribution in [0.3, 0.4) is 0 Å². The van der Waals surface area contributed by atoms with Crippen LogP contribution in [0.2, 0.25) is 0 Å². The van der Waals surface area contributed by atoms with E-state index in [9.17, 15) is 4.79 Å². The molecule has 1 aliphatic carbocycles. The molecule has 1 amide bonds. The first-order valence-corrected chi connectivity index (χ1v) is 10.2. The third kappa shape index (κ3) is 4.78. The van der Waals surface area contributed by atoms with E-state index in [-0.39, 0.29) is 17.7 Å². The number of methoxy groups -OCH3 is 1. The van der Waals surface area contributed by atoms with Gasteiger partial charge in [0.05, 0.1) is 18.5 Å². The van der Waals surface area contributed by atoms with Gasteiger partial charge in [-0.1, -0.05) is 12.1 Å². The molecule has 2 atom stereocenters. The SMILES string of the molecule is CNCc1ccc(-c2nnc(-c3cncc(C4CC4C(=O)N(C)CCOC)n3)o2)cc1. The van der Waals surface area contributed by atoms with Gasteiger partial charge < -0.3 is 19.4 Å². The normalized spacial score (nSPS) is 17.5. The Morgan fingerprint density at radius 1 is 1.23 bits per heavy atom. The van der Waals surface area contributed by atoms with Gasteiger partial charge in [0.25, 0.3) is 5.89 Å². The van der Waals surface area contributed by atoms with Gasteiger partial charge in [-0.15, -0.1) is 10.2 Å². The fraction of sp³-hybridized carbons (Fsp3) is 0.409. The van der Waals surface area contributed by atoms with Crippen molar-refractivity contribution in [2.24, 2.45) is 5.92 Å². The zero-order chi connectivity index (χ0) is 21.8. The van der Waals surface area contributed by atoms with E-state index in [0.29, 0.717) is 30.6 Å². The Bertz CT molecular complexity index is 1040. The molecular formula is C22H26N6O3. The van der Waals surface area contributed by atoms with E-state index >= 15 is 0 Å². The van der Waals surface area contributed by atoms with Crippen LogP contribution in [0, 0.1) is 5.92 Å². The van der Waals surface area contributed by atoms with Crippen molar-refractivity contribution in [1.82, 2.24) is 30.4 Å². The van der Waals surface area contributed by atoms with Gasteiger partial charge >= 0.3 is 0 Å². The summed E-state index contributed by atoms with van der Waals surface area (Å²) in [5.41, 5.74) is 3.29. The Balaban J connectivity index is 1.45. The lowest BCUT2D eigenvalue weighted by atomic mass is 10.1. The zero-order valence-electron chi connectivity index (χ0n) is 17.9. The summed E-state index contributed by atoms with van der Waals surface area (Å²) in [7, 11) is 5.33. The lowest BCUT2D eigenvalue weighted by molar-refractivity contribution is -0.131. The van der Waals surface area contributed by atoms with Crippen LogP contribution in [0.25, 0.3) is 23.0 Å². The summed E-state index contributed by atoms with van der Waals surface area (Å²) >= 11 is 0. The lowest BCUT2D eigenvalue weighted by Gasteiger charge is -2.16. The summed E-state index contributed by atoms with van der Waals surface area (Å²) in [6.07, 6.45) is 4.07. The quantitative estimate of drug-likeness (QED) is 0.559. The first-order chi connectivity index (χ1) is 15.1. The van der Waals surface area contributed by atoms with E-state index in [0.717, 1.165) is 24.2 Å². The highest BCUT2D eigenvalue weighted by molar-refractivity contribution is 5.82. The summed E-state index contributed by atoms with van der Waals surface area (Å²) in [5, 5.41) is 11.4. The maximum absolute atomic E-state index is 12.6. The minimum Gasteiger partial charge on any atom is -0.415 e. The fourth-order valence-electron chi connectivity index (χ4n) is 3.49. The van der Waals surface area contributed by atoms with Gasteiger partial charge in [0, 0.05) is 50.8 Å². The molecular weight excluding hydrogens is 396 g/mol. The van der Waals surface area contributed by atoms with Crippen molar-refractivity contribution >= 4 is 5.91 Å². The number of amides is 1. The highest BCUT2D eigenvalue weighted by atomic mass is 16.5. The number of rotatable bonds is 9. The standard InChI is InChI=1S/C22H26N6O3/c1-23-11-14-4-6-15(7-5-14)20-26-27-21(31-20)19-13-24-12-18(25-19)16-10-17(16)22(29)28(2)8-9-30-3/h4-7,12-13,16-17,23H,8-11H2,1-3H3. The van der Waals surface area contributed by atoms with Gasteiger partial charge in [-0.2, -0.15) is 0 Å². The number of aromatic nitrogens is 4. The summed E-state index contributed by atoms with van der Waals surface area (Å²) in [6, 6.07) is 7.94. The number of hydrogen-bond acceptors (Lipinski definition) is 8. The second-order valence-corrected chi connectivity index (χ2v) is 7.67. The third-order valence-corrected chi connectivity index (χ3v) is 5.37. The van der Waals surface area contributed by atoms with Gasteiger partial charge in [0.15, 0.2) is 0 Å². The molecule has 0 bridgehead atoms. The Morgan fingerprint density at radius 2 is 2.00 bits per heavy atom. The van der Waals surface area contributed by atoms with Gasteiger partial charge in [-0.05, 0) is 31.2 Å². The summed E-state index contributed by atoms with van der Waals surface area (Å²) in [6.45, 7) is 1.89. The number of carbonyl (C=O) groups excluding carboxylic acids is 1. The summed E-state index contributed by atoms with van der Waals surface area (Å²) < 4.78 is 10.9. The van der Waals surface area contributed by atoms with E-state index < -0.39 is 0 Å². The van der Waals surface area contributed by atoms with E-state index in [1.807, 2.05) is 31.3 Å². The number of hydrogen-bond donors (Lipinski definition) is 1. The Morgan fingerprint density at radius 3 is 2.74 bits per heavy atom. The van der Waals surface area contributed by atoms with Gasteiger partial charge in [0.2, 0.25) is 11.8 Å². The molecule has 0 saturated heterocycles. The number of ether oxygens (including phenoxy) is 1. The number of nitrogens with zero attached hydrogens (tertiary/aromatic N) is 5. The molecule has 0 spiro atoms. The van der Waals surface area contributed by atoms with E-state index in [1.165, 1.54) is 5.56 Å². The summed E-state index contributed by atoms with van der Waals surface area (Å²) in [5.74, 6) is 0.839. The zero-order valence-corrected chi connectivity index (χ0v) is 17.9. The molecule has 2 aromatic heterocycles. The molecule has 31 heavy (non-hydrogen) atoms. The molecule has 2 heterocycles. The average molecular weight is 422 g/mol. The van der Waals surface area contributed by atoms with Crippen LogP contribution in [-0.4, -0.2) is 65.3 Å². The Hall–Kier alpha value is -3.17. The number of likely N-dealkylation sites (N-methyl/N-ethyl adjacent to an activating group) is 1. The molecule has 9 heteroatoms. The van der Waals surface area contributed by atoms with Crippen LogP contribution in [-0.2, 0) is 16.1 Å². The highest BCUT2D eigenvalue weighted by Gasteiger charge is 2.46. The molecule has 1 aromatic carbocycles. The minimum atomic E-state index is -0.0687. The van der Waals surface area contributed by atoms with E-state index in [1.54, 1.807) is 31.5 Å². The second-order valence-electron chi connectivity index (χ2n) is 7.67. The second kappa shape index (κ2) is 9.32. The third-order valence-electron chi connectivity index (χ3n) is 5.37. The molecule has 3 aromatic rings. The molecule has 1 fully saturated rings. The van der Waals surface area contributed by atoms with Crippen molar-refractivity contribution in [3.05, 3.63) is 47.9 Å². The van der Waals surface area contributed by atoms with Crippen molar-refractivity contribution in [2.45, 2.75) is 18.9 Å². The molecule has 1 saturated carbocycles. The highest BCUT2D eigenvalue weighted by Crippen LogP contribution is 2.47. The monoisotopic (exact) mass is 422 g/mol. The number of carbonyl (C=O) groups is 1. The van der Waals surface area contributed by atoms with Crippen LogP contribution < -0.4 is 5.32 Å². The van der Waals surface area contributed by atoms with E-state index in [4.69, 9.17) is 9.15 Å². The lowest BCUT2D eigenvalue weighted by Crippen LogP contribution is -2.31. The number of benzene rings is 1. The van der Waals surface area contributed by atoms with Crippen LogP contribution in [0.15, 0.2) is 41.1 Å². The first kappa shape index (κ1) is 21.1. The predicted molar refractivity (Wildman–Crippen MR) is 114 cm³/mol. The molecule has 1 aliphatic rings. The smallest absolute Gasteiger partial charge is 0.268 e. The van der Waals surface area contributed by atoms with Crippen LogP contribution in [0.4, 0.5) is 0 Å². The molecule has 2 unspecified atom stereocenters. The first-order valence-electron chi connectivity index (χ1n) is 10.2. The topological polar surface area (TPSA) is 106 Å². The van der Waals surface area contributed by atoms with Gasteiger partial charge in [-0.25, -0.2) is 4.98 Å². The van der Waals surface area contributed by atoms with E-state index in [2.05, 4.69) is 25.5 Å². The maximum atomic E-state index is 12.6. The van der Waals surface area contributed by atoms with Crippen molar-refractivity contribution in [2.75, 3.05) is 34.4 Å². The molecule has 0 radical (unpaired) electrons. The summed E-state index contributed by atoms with van der Waals surface area (Å²) in [4.78, 5) is 23.2. The minimum absolute atomic E-state index is 0.0621. The largest absolute Gasteiger partial charge is 0.415 e. The van der Waals surface area contributed by atoms with Gasteiger partial charge in [0.1, 0.15) is 5.69 Å². The average Bonchev–Trinajstić information content (AvgIpc) is 3.45. The maximum Gasteiger partial charge on any atom is 0.268 e. The number of nitrogens with one attached hydrogen (secondary N) is 1. The van der Waals surface area contributed by atoms with Crippen molar-refractivity contribution in [3.63, 3.8) is 0 Å². The molecule has 162 valence electrons. The Kier molecular flexibility index (Phi) is 6.34. The van der Waals surface area contributed by atoms with Crippen molar-refractivity contribution in [1.29, 1.82) is 0 Å². The van der Waals surface area contributed by atoms with Crippen LogP contribution in [0.1, 0.15) is 23.6 Å². The van der Waals surface area contributed by atoms with Crippen molar-refractivity contribution < 1.29 is 13.9 Å². The fourth-order valence-corrected chi connectivity index (χ4v) is 3.49. The molecule has 1 N–H and O–H groups in total. The molecule has 9 nitrogen and oxygen atoms in total. The van der Waals surface area contributed by atoms with Crippen LogP contribution >= 0.6 is 0 Å². The predicted octanol–water partition coefficient (Wildman–Crippen LogP) is 2.12.